The molecule has 8 heteroatoms. The van der Waals surface area contributed by atoms with E-state index in [4.69, 9.17) is 0 Å². The number of carbonyl (C=O) groups is 3. The van der Waals surface area contributed by atoms with Crippen molar-refractivity contribution in [2.45, 2.75) is 29.0 Å². The van der Waals surface area contributed by atoms with Gasteiger partial charge in [0.25, 0.3) is 0 Å². The molecule has 0 aliphatic carbocycles. The second-order valence-corrected chi connectivity index (χ2v) is 12.3. The van der Waals surface area contributed by atoms with Gasteiger partial charge in [-0.25, -0.2) is 0 Å². The first-order valence-corrected chi connectivity index (χ1v) is 13.9. The summed E-state index contributed by atoms with van der Waals surface area (Å²) in [4.78, 5) is 47.7. The smallest absolute Gasteiger partial charge is 0.247 e. The number of carbonyl (C=O) groups excluding carboxylic acids is 3. The molecule has 0 saturated carbocycles. The number of para-hydroxylation sites is 1. The van der Waals surface area contributed by atoms with Gasteiger partial charge in [0.15, 0.2) is 0 Å². The van der Waals surface area contributed by atoms with Crippen LogP contribution in [-0.2, 0) is 20.9 Å². The minimum Gasteiger partial charge on any atom is -0.395 e. The maximum absolute atomic E-state index is 14.3. The molecule has 1 N–H and O–H groups in total. The summed E-state index contributed by atoms with van der Waals surface area (Å²) in [7, 11) is 0. The summed E-state index contributed by atoms with van der Waals surface area (Å²) >= 11 is 1.56. The summed E-state index contributed by atoms with van der Waals surface area (Å²) in [5.41, 5.74) is 1.79. The number of aliphatic hydroxyl groups excluding tert-OH is 1. The Morgan fingerprint density at radius 3 is 2.26 bits per heavy atom. The molecule has 4 heterocycles. The molecule has 1 unspecified atom stereocenters. The van der Waals surface area contributed by atoms with Crippen LogP contribution in [0, 0.1) is 11.8 Å². The Kier molecular flexibility index (Phi) is 6.19. The average molecular weight is 530 g/mol. The standard InChI is InChI=1S/C30H31N3O4S/c1-29-14-8-17-32(22-12-6-3-7-13-22)26(35)23(29)24-27(36)33(18-19-34)25-28(37)31(16-9-15-30(24,25)38-29)20-21-10-4-2-5-11-21/h2-15,23-25,34H,16-20H2,1H3/t23-,24-,25?,29+,30-/m0/s1. The molecule has 4 aliphatic heterocycles. The van der Waals surface area contributed by atoms with Crippen molar-refractivity contribution in [1.29, 1.82) is 0 Å². The maximum atomic E-state index is 14.3. The van der Waals surface area contributed by atoms with Crippen molar-refractivity contribution in [2.24, 2.45) is 11.8 Å². The molecule has 5 atom stereocenters. The molecule has 2 aromatic rings. The summed E-state index contributed by atoms with van der Waals surface area (Å²) in [6.45, 7) is 3.08. The van der Waals surface area contributed by atoms with Crippen LogP contribution in [0.2, 0.25) is 0 Å². The highest BCUT2D eigenvalue weighted by atomic mass is 32.2. The van der Waals surface area contributed by atoms with Crippen LogP contribution in [0.1, 0.15) is 12.5 Å². The Balaban J connectivity index is 1.43. The van der Waals surface area contributed by atoms with Gasteiger partial charge in [-0.3, -0.25) is 14.4 Å². The number of amides is 3. The summed E-state index contributed by atoms with van der Waals surface area (Å²) in [5, 5.41) is 9.89. The van der Waals surface area contributed by atoms with Crippen molar-refractivity contribution in [1.82, 2.24) is 9.80 Å². The van der Waals surface area contributed by atoms with Gasteiger partial charge in [-0.1, -0.05) is 72.8 Å². The Bertz CT molecular complexity index is 1320. The number of hydrogen-bond acceptors (Lipinski definition) is 5. The third-order valence-corrected chi connectivity index (χ3v) is 10.1. The van der Waals surface area contributed by atoms with Crippen LogP contribution in [-0.4, -0.2) is 74.4 Å². The zero-order chi connectivity index (χ0) is 26.5. The van der Waals surface area contributed by atoms with Crippen LogP contribution in [0.3, 0.4) is 0 Å². The summed E-state index contributed by atoms with van der Waals surface area (Å²) in [5.74, 6) is -1.86. The van der Waals surface area contributed by atoms with Crippen molar-refractivity contribution < 1.29 is 19.5 Å². The molecule has 2 saturated heterocycles. The van der Waals surface area contributed by atoms with E-state index in [0.717, 1.165) is 11.3 Å². The number of β-amino-alcohol motifs (C(OH)–C–C–N with tert-alkyl or cyclic N) is 1. The van der Waals surface area contributed by atoms with Gasteiger partial charge in [0.2, 0.25) is 17.7 Å². The third kappa shape index (κ3) is 3.73. The molecule has 0 aromatic heterocycles. The number of nitrogens with zero attached hydrogens (tertiary/aromatic N) is 3. The largest absolute Gasteiger partial charge is 0.395 e. The molecular weight excluding hydrogens is 498 g/mol. The minimum atomic E-state index is -0.909. The van der Waals surface area contributed by atoms with E-state index < -0.39 is 27.4 Å². The Labute approximate surface area is 226 Å². The van der Waals surface area contributed by atoms with Crippen LogP contribution < -0.4 is 4.90 Å². The normalized spacial score (nSPS) is 32.2. The van der Waals surface area contributed by atoms with Crippen molar-refractivity contribution in [3.8, 4) is 0 Å². The van der Waals surface area contributed by atoms with Gasteiger partial charge in [-0.05, 0) is 24.6 Å². The van der Waals surface area contributed by atoms with Crippen molar-refractivity contribution in [3.05, 3.63) is 90.5 Å². The summed E-state index contributed by atoms with van der Waals surface area (Å²) < 4.78 is -1.57. The van der Waals surface area contributed by atoms with Crippen molar-refractivity contribution in [2.75, 3.05) is 31.1 Å². The lowest BCUT2D eigenvalue weighted by Crippen LogP contribution is -2.53. The highest BCUT2D eigenvalue weighted by Crippen LogP contribution is 2.65. The Morgan fingerprint density at radius 2 is 1.55 bits per heavy atom. The molecule has 2 aromatic carbocycles. The highest BCUT2D eigenvalue weighted by molar-refractivity contribution is 8.02. The minimum absolute atomic E-state index is 0.0525. The fraction of sp³-hybridized carbons (Fsp3) is 0.367. The monoisotopic (exact) mass is 529 g/mol. The van der Waals surface area contributed by atoms with E-state index in [-0.39, 0.29) is 30.9 Å². The molecule has 4 aliphatic rings. The highest BCUT2D eigenvalue weighted by Gasteiger charge is 2.73. The average Bonchev–Trinajstić information content (AvgIpc) is 3.18. The number of anilines is 1. The van der Waals surface area contributed by atoms with Crippen LogP contribution in [0.4, 0.5) is 5.69 Å². The zero-order valence-electron chi connectivity index (χ0n) is 21.3. The SMILES string of the molecule is C[C@@]12C=CCN(c3ccccc3)C(=O)[C@@H]1[C@H]1C(=O)N(CCO)C3C(=O)N(Cc4ccccc4)CC=C[C@@]31S2. The zero-order valence-corrected chi connectivity index (χ0v) is 22.1. The molecular formula is C30H31N3O4S. The number of hydrogen-bond donors (Lipinski definition) is 1. The number of fused-ring (bicyclic) bond motifs is 2. The van der Waals surface area contributed by atoms with E-state index >= 15 is 0 Å². The first-order valence-electron chi connectivity index (χ1n) is 13.1. The Morgan fingerprint density at radius 1 is 0.868 bits per heavy atom. The lowest BCUT2D eigenvalue weighted by Gasteiger charge is -2.36. The summed E-state index contributed by atoms with van der Waals surface area (Å²) in [6, 6.07) is 18.5. The first kappa shape index (κ1) is 24.9. The molecule has 196 valence electrons. The first-order chi connectivity index (χ1) is 18.4. The Hall–Kier alpha value is -3.36. The van der Waals surface area contributed by atoms with Gasteiger partial charge in [0.05, 0.1) is 23.2 Å². The van der Waals surface area contributed by atoms with Crippen LogP contribution in [0.25, 0.3) is 0 Å². The molecule has 6 rings (SSSR count). The van der Waals surface area contributed by atoms with Gasteiger partial charge >= 0.3 is 0 Å². The van der Waals surface area contributed by atoms with Gasteiger partial charge in [-0.15, -0.1) is 11.8 Å². The number of likely N-dealkylation sites (tertiary alicyclic amines) is 1. The van der Waals surface area contributed by atoms with E-state index in [1.807, 2.05) is 85.8 Å². The van der Waals surface area contributed by atoms with E-state index in [1.165, 1.54) is 4.90 Å². The second kappa shape index (κ2) is 9.43. The van der Waals surface area contributed by atoms with E-state index in [9.17, 15) is 19.5 Å². The fourth-order valence-corrected chi connectivity index (χ4v) is 8.86. The number of benzene rings is 2. The van der Waals surface area contributed by atoms with Gasteiger partial charge in [0.1, 0.15) is 6.04 Å². The molecule has 1 spiro atoms. The number of rotatable bonds is 5. The topological polar surface area (TPSA) is 81.2 Å². The lowest BCUT2D eigenvalue weighted by molar-refractivity contribution is -0.143. The van der Waals surface area contributed by atoms with E-state index in [2.05, 4.69) is 6.08 Å². The third-order valence-electron chi connectivity index (χ3n) is 8.27. The number of thioether (sulfide) groups is 1. The fourth-order valence-electron chi connectivity index (χ4n) is 6.70. The quantitative estimate of drug-likeness (QED) is 0.603. The predicted molar refractivity (Wildman–Crippen MR) is 147 cm³/mol. The van der Waals surface area contributed by atoms with Crippen LogP contribution in [0.15, 0.2) is 85.0 Å². The lowest BCUT2D eigenvalue weighted by atomic mass is 9.74. The van der Waals surface area contributed by atoms with Gasteiger partial charge in [-0.2, -0.15) is 0 Å². The predicted octanol–water partition coefficient (Wildman–Crippen LogP) is 2.87. The molecule has 2 fully saturated rings. The van der Waals surface area contributed by atoms with Crippen LogP contribution >= 0.6 is 11.8 Å². The van der Waals surface area contributed by atoms with Gasteiger partial charge in [0, 0.05) is 36.6 Å². The van der Waals surface area contributed by atoms with Gasteiger partial charge < -0.3 is 19.8 Å². The molecule has 7 nitrogen and oxygen atoms in total. The maximum Gasteiger partial charge on any atom is 0.247 e. The molecule has 38 heavy (non-hydrogen) atoms. The summed E-state index contributed by atoms with van der Waals surface area (Å²) in [6.07, 6.45) is 8.06. The second-order valence-electron chi connectivity index (χ2n) is 10.5. The van der Waals surface area contributed by atoms with Crippen molar-refractivity contribution in [3.63, 3.8) is 0 Å². The molecule has 0 bridgehead atoms. The number of aliphatic hydroxyl groups is 1. The van der Waals surface area contributed by atoms with E-state index in [0.29, 0.717) is 19.6 Å². The van der Waals surface area contributed by atoms with Crippen LogP contribution in [0.5, 0.6) is 0 Å². The van der Waals surface area contributed by atoms with Crippen molar-refractivity contribution >= 4 is 35.2 Å². The van der Waals surface area contributed by atoms with E-state index in [1.54, 1.807) is 21.6 Å². The molecule has 0 radical (unpaired) electrons. The molecule has 3 amide bonds.